The van der Waals surface area contributed by atoms with Gasteiger partial charge in [-0.25, -0.2) is 0 Å². The third kappa shape index (κ3) is 1.50. The van der Waals surface area contributed by atoms with Gasteiger partial charge in [-0.05, 0) is 31.7 Å². The molecule has 2 nitrogen and oxygen atoms in total. The Bertz CT molecular complexity index is 104. The van der Waals surface area contributed by atoms with Crippen LogP contribution in [0.3, 0.4) is 0 Å². The Morgan fingerprint density at radius 1 is 1.60 bits per heavy atom. The van der Waals surface area contributed by atoms with E-state index < -0.39 is 0 Å². The SMILES string of the molecule is CC(N)C1(C)CCCNC1. The summed E-state index contributed by atoms with van der Waals surface area (Å²) in [5.41, 5.74) is 6.21. The number of nitrogens with one attached hydrogen (secondary N) is 1. The van der Waals surface area contributed by atoms with E-state index in [0.717, 1.165) is 6.54 Å². The zero-order valence-corrected chi connectivity index (χ0v) is 6.98. The fourth-order valence-corrected chi connectivity index (χ4v) is 1.47. The van der Waals surface area contributed by atoms with E-state index in [2.05, 4.69) is 19.2 Å². The lowest BCUT2D eigenvalue weighted by Crippen LogP contribution is -2.48. The van der Waals surface area contributed by atoms with Gasteiger partial charge in [-0.15, -0.1) is 0 Å². The first-order valence-corrected chi connectivity index (χ1v) is 4.11. The Morgan fingerprint density at radius 3 is 2.60 bits per heavy atom. The zero-order chi connectivity index (χ0) is 7.61. The van der Waals surface area contributed by atoms with Crippen molar-refractivity contribution in [3.05, 3.63) is 0 Å². The number of hydrogen-bond donors (Lipinski definition) is 2. The predicted octanol–water partition coefficient (Wildman–Crippen LogP) is 0.723. The molecule has 0 aromatic heterocycles. The first-order valence-electron chi connectivity index (χ1n) is 4.11. The summed E-state index contributed by atoms with van der Waals surface area (Å²) in [6, 6.07) is 0.320. The van der Waals surface area contributed by atoms with Crippen LogP contribution in [0.2, 0.25) is 0 Å². The van der Waals surface area contributed by atoms with Gasteiger partial charge in [-0.1, -0.05) is 6.92 Å². The molecule has 0 amide bonds. The molecule has 1 aliphatic heterocycles. The first-order chi connectivity index (χ1) is 4.65. The first kappa shape index (κ1) is 8.02. The highest BCUT2D eigenvalue weighted by Gasteiger charge is 2.29. The molecule has 2 atom stereocenters. The summed E-state index contributed by atoms with van der Waals surface area (Å²) in [4.78, 5) is 0. The topological polar surface area (TPSA) is 38.0 Å². The maximum absolute atomic E-state index is 5.86. The molecule has 3 N–H and O–H groups in total. The van der Waals surface area contributed by atoms with Gasteiger partial charge in [-0.3, -0.25) is 0 Å². The van der Waals surface area contributed by atoms with E-state index in [1.54, 1.807) is 0 Å². The highest BCUT2D eigenvalue weighted by atomic mass is 14.9. The second-order valence-electron chi connectivity index (χ2n) is 3.72. The van der Waals surface area contributed by atoms with Crippen molar-refractivity contribution in [2.75, 3.05) is 13.1 Å². The fourth-order valence-electron chi connectivity index (χ4n) is 1.47. The van der Waals surface area contributed by atoms with Crippen molar-refractivity contribution in [3.63, 3.8) is 0 Å². The molecule has 10 heavy (non-hydrogen) atoms. The van der Waals surface area contributed by atoms with E-state index in [9.17, 15) is 0 Å². The molecule has 2 heteroatoms. The molecular formula is C8H18N2. The van der Waals surface area contributed by atoms with Crippen molar-refractivity contribution >= 4 is 0 Å². The van der Waals surface area contributed by atoms with Crippen molar-refractivity contribution < 1.29 is 0 Å². The van der Waals surface area contributed by atoms with Gasteiger partial charge in [0.1, 0.15) is 0 Å². The van der Waals surface area contributed by atoms with Gasteiger partial charge in [0, 0.05) is 12.6 Å². The maximum Gasteiger partial charge on any atom is 0.00765 e. The number of rotatable bonds is 1. The van der Waals surface area contributed by atoms with E-state index in [1.165, 1.54) is 19.4 Å². The Kier molecular flexibility index (Phi) is 2.32. The molecule has 1 heterocycles. The summed E-state index contributed by atoms with van der Waals surface area (Å²) in [7, 11) is 0. The van der Waals surface area contributed by atoms with Crippen LogP contribution in [0, 0.1) is 5.41 Å². The summed E-state index contributed by atoms with van der Waals surface area (Å²) in [6.07, 6.45) is 2.55. The van der Waals surface area contributed by atoms with Crippen molar-refractivity contribution in [1.29, 1.82) is 0 Å². The molecule has 2 unspecified atom stereocenters. The molecule has 60 valence electrons. The Hall–Kier alpha value is -0.0800. The van der Waals surface area contributed by atoms with Crippen molar-refractivity contribution in [3.8, 4) is 0 Å². The van der Waals surface area contributed by atoms with Crippen LogP contribution in [-0.4, -0.2) is 19.1 Å². The third-order valence-electron chi connectivity index (χ3n) is 2.73. The van der Waals surface area contributed by atoms with E-state index in [1.807, 2.05) is 0 Å². The monoisotopic (exact) mass is 142 g/mol. The molecule has 0 bridgehead atoms. The highest BCUT2D eigenvalue weighted by molar-refractivity contribution is 4.87. The van der Waals surface area contributed by atoms with Gasteiger partial charge in [-0.2, -0.15) is 0 Å². The Balaban J connectivity index is 2.48. The summed E-state index contributed by atoms with van der Waals surface area (Å²) in [5, 5.41) is 3.38. The maximum atomic E-state index is 5.86. The minimum atomic E-state index is 0.320. The summed E-state index contributed by atoms with van der Waals surface area (Å²) in [5.74, 6) is 0. The lowest BCUT2D eigenvalue weighted by molar-refractivity contribution is 0.197. The summed E-state index contributed by atoms with van der Waals surface area (Å²) in [6.45, 7) is 6.63. The molecule has 1 saturated heterocycles. The summed E-state index contributed by atoms with van der Waals surface area (Å²) < 4.78 is 0. The van der Waals surface area contributed by atoms with Crippen LogP contribution < -0.4 is 11.1 Å². The standard InChI is InChI=1S/C8H18N2/c1-7(9)8(2)4-3-5-10-6-8/h7,10H,3-6,9H2,1-2H3. The van der Waals surface area contributed by atoms with Crippen LogP contribution in [-0.2, 0) is 0 Å². The van der Waals surface area contributed by atoms with Gasteiger partial charge in [0.05, 0.1) is 0 Å². The lowest BCUT2D eigenvalue weighted by atomic mass is 9.77. The molecule has 0 spiro atoms. The van der Waals surface area contributed by atoms with Crippen molar-refractivity contribution in [2.45, 2.75) is 32.7 Å². The molecule has 1 rings (SSSR count). The van der Waals surface area contributed by atoms with E-state index >= 15 is 0 Å². The second-order valence-corrected chi connectivity index (χ2v) is 3.72. The number of hydrogen-bond acceptors (Lipinski definition) is 2. The van der Waals surface area contributed by atoms with Crippen LogP contribution >= 0.6 is 0 Å². The van der Waals surface area contributed by atoms with Crippen molar-refractivity contribution in [2.24, 2.45) is 11.1 Å². The number of piperidine rings is 1. The van der Waals surface area contributed by atoms with Crippen LogP contribution in [0.4, 0.5) is 0 Å². The quantitative estimate of drug-likeness (QED) is 0.566. The molecule has 0 saturated carbocycles. The fraction of sp³-hybridized carbons (Fsp3) is 1.00. The highest BCUT2D eigenvalue weighted by Crippen LogP contribution is 2.27. The molecule has 0 aliphatic carbocycles. The minimum Gasteiger partial charge on any atom is -0.327 e. The number of nitrogens with two attached hydrogens (primary N) is 1. The van der Waals surface area contributed by atoms with Crippen LogP contribution in [0.5, 0.6) is 0 Å². The van der Waals surface area contributed by atoms with Crippen LogP contribution in [0.15, 0.2) is 0 Å². The zero-order valence-electron chi connectivity index (χ0n) is 6.98. The largest absolute Gasteiger partial charge is 0.327 e. The van der Waals surface area contributed by atoms with Gasteiger partial charge in [0.25, 0.3) is 0 Å². The van der Waals surface area contributed by atoms with Crippen LogP contribution in [0.1, 0.15) is 26.7 Å². The molecular weight excluding hydrogens is 124 g/mol. The minimum absolute atomic E-state index is 0.320. The molecule has 0 aromatic carbocycles. The van der Waals surface area contributed by atoms with Crippen LogP contribution in [0.25, 0.3) is 0 Å². The molecule has 0 radical (unpaired) electrons. The molecule has 1 fully saturated rings. The van der Waals surface area contributed by atoms with Gasteiger partial charge in [0.15, 0.2) is 0 Å². The average molecular weight is 142 g/mol. The average Bonchev–Trinajstić information content (AvgIpc) is 1.89. The molecule has 1 aliphatic rings. The molecule has 0 aromatic rings. The van der Waals surface area contributed by atoms with E-state index in [4.69, 9.17) is 5.73 Å². The van der Waals surface area contributed by atoms with Gasteiger partial charge < -0.3 is 11.1 Å². The third-order valence-corrected chi connectivity index (χ3v) is 2.73. The Labute approximate surface area is 63.2 Å². The smallest absolute Gasteiger partial charge is 0.00765 e. The predicted molar refractivity (Wildman–Crippen MR) is 43.9 cm³/mol. The summed E-state index contributed by atoms with van der Waals surface area (Å²) >= 11 is 0. The van der Waals surface area contributed by atoms with Gasteiger partial charge >= 0.3 is 0 Å². The normalized spacial score (nSPS) is 37.5. The van der Waals surface area contributed by atoms with Gasteiger partial charge in [0.2, 0.25) is 0 Å². The Morgan fingerprint density at radius 2 is 2.30 bits per heavy atom. The second kappa shape index (κ2) is 2.89. The lowest BCUT2D eigenvalue weighted by Gasteiger charge is -2.37. The van der Waals surface area contributed by atoms with E-state index in [-0.39, 0.29) is 0 Å². The van der Waals surface area contributed by atoms with Crippen molar-refractivity contribution in [1.82, 2.24) is 5.32 Å². The van der Waals surface area contributed by atoms with E-state index in [0.29, 0.717) is 11.5 Å².